The summed E-state index contributed by atoms with van der Waals surface area (Å²) in [4.78, 5) is 37.7. The van der Waals surface area contributed by atoms with Crippen LogP contribution in [0.1, 0.15) is 31.9 Å². The summed E-state index contributed by atoms with van der Waals surface area (Å²) >= 11 is 0. The summed E-state index contributed by atoms with van der Waals surface area (Å²) in [5.41, 5.74) is 0.713. The first-order chi connectivity index (χ1) is 11.5. The van der Waals surface area contributed by atoms with Crippen molar-refractivity contribution in [3.8, 4) is 0 Å². The molecule has 7 heteroatoms. The average molecular weight is 334 g/mol. The number of carbonyl (C=O) groups excluding carboxylic acids is 3. The minimum Gasteiger partial charge on any atom is -0.355 e. The molecule has 0 fully saturated rings. The SMILES string of the molecule is CCCNC(=O)CN(C)[C@H](C(=O)NC(=O)NCC)c1ccccc1. The number of amides is 4. The van der Waals surface area contributed by atoms with Crippen molar-refractivity contribution in [2.75, 3.05) is 26.7 Å². The highest BCUT2D eigenvalue weighted by molar-refractivity contribution is 5.97. The average Bonchev–Trinajstić information content (AvgIpc) is 2.54. The number of hydrogen-bond acceptors (Lipinski definition) is 4. The molecule has 1 aromatic carbocycles. The van der Waals surface area contributed by atoms with Gasteiger partial charge in [0.05, 0.1) is 6.54 Å². The Morgan fingerprint density at radius 1 is 1.08 bits per heavy atom. The van der Waals surface area contributed by atoms with Crippen LogP contribution in [0.25, 0.3) is 0 Å². The third-order valence-corrected chi connectivity index (χ3v) is 3.34. The van der Waals surface area contributed by atoms with Crippen molar-refractivity contribution in [2.45, 2.75) is 26.3 Å². The predicted octanol–water partition coefficient (Wildman–Crippen LogP) is 1.03. The first-order valence-corrected chi connectivity index (χ1v) is 8.10. The van der Waals surface area contributed by atoms with Gasteiger partial charge < -0.3 is 10.6 Å². The summed E-state index contributed by atoms with van der Waals surface area (Å²) in [6.07, 6.45) is 0.843. The number of nitrogens with one attached hydrogen (secondary N) is 3. The lowest BCUT2D eigenvalue weighted by Gasteiger charge is -2.26. The Morgan fingerprint density at radius 2 is 1.75 bits per heavy atom. The van der Waals surface area contributed by atoms with Crippen molar-refractivity contribution in [1.82, 2.24) is 20.9 Å². The second-order valence-corrected chi connectivity index (χ2v) is 5.43. The highest BCUT2D eigenvalue weighted by atomic mass is 16.2. The highest BCUT2D eigenvalue weighted by Gasteiger charge is 2.27. The summed E-state index contributed by atoms with van der Waals surface area (Å²) in [5.74, 6) is -0.635. The van der Waals surface area contributed by atoms with Crippen LogP contribution in [0.4, 0.5) is 4.79 Å². The predicted molar refractivity (Wildman–Crippen MR) is 92.3 cm³/mol. The topological polar surface area (TPSA) is 90.5 Å². The molecule has 132 valence electrons. The quantitative estimate of drug-likeness (QED) is 0.662. The Hall–Kier alpha value is -2.41. The number of carbonyl (C=O) groups is 3. The van der Waals surface area contributed by atoms with Crippen LogP contribution >= 0.6 is 0 Å². The summed E-state index contributed by atoms with van der Waals surface area (Å²) in [5, 5.41) is 7.61. The van der Waals surface area contributed by atoms with E-state index in [1.54, 1.807) is 31.0 Å². The monoisotopic (exact) mass is 334 g/mol. The summed E-state index contributed by atoms with van der Waals surface area (Å²) in [6.45, 7) is 4.81. The van der Waals surface area contributed by atoms with E-state index in [-0.39, 0.29) is 12.5 Å². The first-order valence-electron chi connectivity index (χ1n) is 8.10. The number of nitrogens with zero attached hydrogens (tertiary/aromatic N) is 1. The molecule has 0 aliphatic rings. The molecule has 0 heterocycles. The Balaban J connectivity index is 2.87. The van der Waals surface area contributed by atoms with E-state index in [9.17, 15) is 14.4 Å². The molecule has 4 amide bonds. The standard InChI is InChI=1S/C17H26N4O3/c1-4-11-19-14(22)12-21(3)15(13-9-7-6-8-10-13)16(23)20-17(24)18-5-2/h6-10,15H,4-5,11-12H2,1-3H3,(H,19,22)(H2,18,20,23,24)/t15-/m0/s1. The van der Waals surface area contributed by atoms with Crippen LogP contribution in [0.5, 0.6) is 0 Å². The number of rotatable bonds is 8. The molecule has 0 bridgehead atoms. The van der Waals surface area contributed by atoms with E-state index < -0.39 is 18.0 Å². The Bertz CT molecular complexity index is 548. The number of imide groups is 1. The van der Waals surface area contributed by atoms with Gasteiger partial charge in [-0.25, -0.2) is 4.79 Å². The summed E-state index contributed by atoms with van der Waals surface area (Å²) < 4.78 is 0. The van der Waals surface area contributed by atoms with Crippen LogP contribution in [0.15, 0.2) is 30.3 Å². The lowest BCUT2D eigenvalue weighted by Crippen LogP contribution is -2.47. The van der Waals surface area contributed by atoms with E-state index in [2.05, 4.69) is 16.0 Å². The zero-order chi connectivity index (χ0) is 17.9. The Morgan fingerprint density at radius 3 is 2.33 bits per heavy atom. The molecule has 0 spiro atoms. The molecule has 1 rings (SSSR count). The van der Waals surface area contributed by atoms with Crippen molar-refractivity contribution in [3.05, 3.63) is 35.9 Å². The van der Waals surface area contributed by atoms with Gasteiger partial charge in [-0.3, -0.25) is 19.8 Å². The molecule has 0 aliphatic carbocycles. The van der Waals surface area contributed by atoms with Crippen molar-refractivity contribution in [1.29, 1.82) is 0 Å². The van der Waals surface area contributed by atoms with Crippen LogP contribution in [-0.4, -0.2) is 49.4 Å². The van der Waals surface area contributed by atoms with E-state index in [0.29, 0.717) is 18.7 Å². The van der Waals surface area contributed by atoms with Crippen molar-refractivity contribution in [2.24, 2.45) is 0 Å². The normalized spacial score (nSPS) is 11.7. The number of urea groups is 1. The molecule has 0 aromatic heterocycles. The van der Waals surface area contributed by atoms with E-state index in [0.717, 1.165) is 6.42 Å². The second-order valence-electron chi connectivity index (χ2n) is 5.43. The van der Waals surface area contributed by atoms with E-state index in [1.165, 1.54) is 0 Å². The molecule has 3 N–H and O–H groups in total. The Labute approximate surface area is 142 Å². The maximum atomic E-state index is 12.5. The summed E-state index contributed by atoms with van der Waals surface area (Å²) in [6, 6.07) is 7.77. The molecular formula is C17H26N4O3. The smallest absolute Gasteiger partial charge is 0.321 e. The first kappa shape index (κ1) is 19.6. The number of benzene rings is 1. The van der Waals surface area contributed by atoms with Crippen LogP contribution in [-0.2, 0) is 9.59 Å². The molecule has 0 radical (unpaired) electrons. The molecule has 1 atom stereocenters. The van der Waals surface area contributed by atoms with Gasteiger partial charge in [0, 0.05) is 13.1 Å². The zero-order valence-electron chi connectivity index (χ0n) is 14.5. The molecule has 24 heavy (non-hydrogen) atoms. The maximum absolute atomic E-state index is 12.5. The van der Waals surface area contributed by atoms with Gasteiger partial charge in [-0.05, 0) is 26.0 Å². The number of hydrogen-bond donors (Lipinski definition) is 3. The van der Waals surface area contributed by atoms with Crippen LogP contribution < -0.4 is 16.0 Å². The van der Waals surface area contributed by atoms with Gasteiger partial charge in [0.25, 0.3) is 0 Å². The maximum Gasteiger partial charge on any atom is 0.321 e. The molecule has 7 nitrogen and oxygen atoms in total. The fourth-order valence-electron chi connectivity index (χ4n) is 2.26. The third kappa shape index (κ3) is 6.37. The largest absolute Gasteiger partial charge is 0.355 e. The fraction of sp³-hybridized carbons (Fsp3) is 0.471. The fourth-order valence-corrected chi connectivity index (χ4v) is 2.26. The van der Waals surface area contributed by atoms with Crippen LogP contribution in [0, 0.1) is 0 Å². The molecule has 1 aromatic rings. The van der Waals surface area contributed by atoms with E-state index in [4.69, 9.17) is 0 Å². The van der Waals surface area contributed by atoms with Gasteiger partial charge >= 0.3 is 6.03 Å². The summed E-state index contributed by atoms with van der Waals surface area (Å²) in [7, 11) is 1.68. The lowest BCUT2D eigenvalue weighted by molar-refractivity contribution is -0.127. The van der Waals surface area contributed by atoms with Crippen molar-refractivity contribution >= 4 is 17.8 Å². The van der Waals surface area contributed by atoms with Crippen LogP contribution in [0.3, 0.4) is 0 Å². The zero-order valence-corrected chi connectivity index (χ0v) is 14.5. The lowest BCUT2D eigenvalue weighted by atomic mass is 10.0. The molecule has 0 aliphatic heterocycles. The molecule has 0 saturated carbocycles. The molecule has 0 unspecified atom stereocenters. The van der Waals surface area contributed by atoms with Gasteiger partial charge in [-0.2, -0.15) is 0 Å². The van der Waals surface area contributed by atoms with Gasteiger partial charge in [0.15, 0.2) is 0 Å². The van der Waals surface area contributed by atoms with E-state index >= 15 is 0 Å². The van der Waals surface area contributed by atoms with Crippen molar-refractivity contribution in [3.63, 3.8) is 0 Å². The van der Waals surface area contributed by atoms with Gasteiger partial charge in [0.1, 0.15) is 6.04 Å². The van der Waals surface area contributed by atoms with Crippen LogP contribution in [0.2, 0.25) is 0 Å². The van der Waals surface area contributed by atoms with E-state index in [1.807, 2.05) is 25.1 Å². The molecule has 0 saturated heterocycles. The molecular weight excluding hydrogens is 308 g/mol. The Kier molecular flexibility index (Phi) is 8.49. The number of likely N-dealkylation sites (N-methyl/N-ethyl adjacent to an activating group) is 1. The van der Waals surface area contributed by atoms with Crippen molar-refractivity contribution < 1.29 is 14.4 Å². The van der Waals surface area contributed by atoms with Gasteiger partial charge in [0.2, 0.25) is 11.8 Å². The minimum absolute atomic E-state index is 0.0579. The van der Waals surface area contributed by atoms with Gasteiger partial charge in [-0.1, -0.05) is 37.3 Å². The highest BCUT2D eigenvalue weighted by Crippen LogP contribution is 2.19. The van der Waals surface area contributed by atoms with Gasteiger partial charge in [-0.15, -0.1) is 0 Å². The third-order valence-electron chi connectivity index (χ3n) is 3.34. The second kappa shape index (κ2) is 10.4. The minimum atomic E-state index is -0.735.